The van der Waals surface area contributed by atoms with Gasteiger partial charge in [0.2, 0.25) is 0 Å². The van der Waals surface area contributed by atoms with Crippen LogP contribution in [-0.4, -0.2) is 15.0 Å². The molecule has 2 aliphatic carbocycles. The van der Waals surface area contributed by atoms with E-state index in [2.05, 4.69) is 17.1 Å². The Labute approximate surface area is 160 Å². The molecule has 0 bridgehead atoms. The van der Waals surface area contributed by atoms with Gasteiger partial charge in [0.25, 0.3) is 0 Å². The quantitative estimate of drug-likeness (QED) is 0.373. The summed E-state index contributed by atoms with van der Waals surface area (Å²) < 4.78 is 30.8. The Morgan fingerprint density at radius 1 is 0.808 bits per heavy atom. The van der Waals surface area contributed by atoms with Gasteiger partial charge in [-0.3, -0.25) is 0 Å². The number of quaternary nitrogens is 1. The molecular formula is C20H40NO4S+. The highest BCUT2D eigenvalue weighted by Crippen LogP contribution is 2.40. The molecule has 0 amide bonds. The van der Waals surface area contributed by atoms with Gasteiger partial charge in [-0.25, -0.2) is 4.18 Å². The predicted octanol–water partition coefficient (Wildman–Crippen LogP) is 4.39. The minimum Gasteiger partial charge on any atom is -0.245 e. The zero-order chi connectivity index (χ0) is 18.8. The SMILES string of the molecule is CCCCC1CCC(CCCC2CCC(CCCOS(=O)(=O)O[NH3+])C2)C1. The van der Waals surface area contributed by atoms with Gasteiger partial charge in [0.15, 0.2) is 0 Å². The molecule has 0 aromatic rings. The van der Waals surface area contributed by atoms with Crippen LogP contribution in [0.15, 0.2) is 0 Å². The molecule has 6 heteroatoms. The summed E-state index contributed by atoms with van der Waals surface area (Å²) in [7, 11) is -3.87. The van der Waals surface area contributed by atoms with Crippen LogP contribution in [0.3, 0.4) is 0 Å². The van der Waals surface area contributed by atoms with Gasteiger partial charge < -0.3 is 0 Å². The fourth-order valence-corrected chi connectivity index (χ4v) is 5.55. The summed E-state index contributed by atoms with van der Waals surface area (Å²) >= 11 is 0. The van der Waals surface area contributed by atoms with Gasteiger partial charge in [-0.1, -0.05) is 75.4 Å². The average Bonchev–Trinajstić information content (AvgIpc) is 3.26. The molecule has 0 aromatic heterocycles. The van der Waals surface area contributed by atoms with Gasteiger partial charge in [-0.2, -0.15) is 14.3 Å². The van der Waals surface area contributed by atoms with Crippen LogP contribution in [0, 0.1) is 23.7 Å². The largest absolute Gasteiger partial charge is 0.444 e. The van der Waals surface area contributed by atoms with E-state index in [4.69, 9.17) is 4.18 Å². The lowest BCUT2D eigenvalue weighted by Crippen LogP contribution is -2.51. The van der Waals surface area contributed by atoms with Crippen molar-refractivity contribution in [2.24, 2.45) is 23.7 Å². The normalized spacial score (nSPS) is 29.5. The zero-order valence-electron chi connectivity index (χ0n) is 16.7. The van der Waals surface area contributed by atoms with Crippen LogP contribution in [-0.2, 0) is 18.9 Å². The first kappa shape index (κ1) is 22.1. The van der Waals surface area contributed by atoms with Gasteiger partial charge >= 0.3 is 10.4 Å². The topological polar surface area (TPSA) is 80.2 Å². The standard InChI is InChI=1S/C20H40NO4S/c1-2-3-6-17-10-11-18(15-17)7-4-8-19-12-13-20(16-19)9-5-14-24-26(22,23)25-21/h17-20H,2-16H2,1,21H3/q+1. The molecule has 154 valence electrons. The molecule has 2 aliphatic rings. The minimum absolute atomic E-state index is 0.208. The maximum Gasteiger partial charge on any atom is 0.444 e. The molecule has 0 saturated heterocycles. The lowest BCUT2D eigenvalue weighted by molar-refractivity contribution is -0.637. The third-order valence-corrected chi connectivity index (χ3v) is 7.36. The summed E-state index contributed by atoms with van der Waals surface area (Å²) in [5.74, 6) is 6.55. The first-order valence-corrected chi connectivity index (χ1v) is 12.2. The molecule has 5 nitrogen and oxygen atoms in total. The molecule has 2 rings (SSSR count). The van der Waals surface area contributed by atoms with Crippen molar-refractivity contribution in [3.63, 3.8) is 0 Å². The van der Waals surface area contributed by atoms with Crippen molar-refractivity contribution < 1.29 is 22.8 Å². The van der Waals surface area contributed by atoms with Crippen molar-refractivity contribution in [1.82, 2.24) is 0 Å². The van der Waals surface area contributed by atoms with Crippen LogP contribution < -0.4 is 5.90 Å². The fraction of sp³-hybridized carbons (Fsp3) is 1.00. The van der Waals surface area contributed by atoms with Crippen LogP contribution in [0.4, 0.5) is 0 Å². The third-order valence-electron chi connectivity index (χ3n) is 6.62. The van der Waals surface area contributed by atoms with Crippen LogP contribution in [0.1, 0.15) is 96.8 Å². The van der Waals surface area contributed by atoms with Crippen molar-refractivity contribution >= 4 is 10.4 Å². The Balaban J connectivity index is 1.49. The Hall–Kier alpha value is -0.170. The van der Waals surface area contributed by atoms with Crippen LogP contribution >= 0.6 is 0 Å². The summed E-state index contributed by atoms with van der Waals surface area (Å²) in [6, 6.07) is 0. The van der Waals surface area contributed by atoms with E-state index in [0.717, 1.165) is 36.5 Å². The van der Waals surface area contributed by atoms with Crippen molar-refractivity contribution in [3.8, 4) is 0 Å². The maximum atomic E-state index is 11.0. The van der Waals surface area contributed by atoms with Crippen molar-refractivity contribution in [3.05, 3.63) is 0 Å². The van der Waals surface area contributed by atoms with Gasteiger partial charge in [0, 0.05) is 0 Å². The minimum atomic E-state index is -3.87. The van der Waals surface area contributed by atoms with Crippen LogP contribution in [0.2, 0.25) is 0 Å². The third kappa shape index (κ3) is 8.24. The Morgan fingerprint density at radius 2 is 1.27 bits per heavy atom. The highest BCUT2D eigenvalue weighted by atomic mass is 32.3. The van der Waals surface area contributed by atoms with E-state index in [1.165, 1.54) is 77.0 Å². The molecule has 0 radical (unpaired) electrons. The Bertz CT molecular complexity index is 482. The molecule has 0 aromatic carbocycles. The summed E-state index contributed by atoms with van der Waals surface area (Å²) in [5.41, 5.74) is 0. The predicted molar refractivity (Wildman–Crippen MR) is 103 cm³/mol. The molecule has 0 spiro atoms. The molecule has 4 atom stereocenters. The molecule has 3 N–H and O–H groups in total. The summed E-state index contributed by atoms with van der Waals surface area (Å²) in [4.78, 5) is 0. The smallest absolute Gasteiger partial charge is 0.245 e. The second-order valence-electron chi connectivity index (χ2n) is 8.65. The van der Waals surface area contributed by atoms with Gasteiger partial charge in [-0.05, 0) is 49.4 Å². The van der Waals surface area contributed by atoms with Crippen LogP contribution in [0.25, 0.3) is 0 Å². The number of hydrogen-bond acceptors (Lipinski definition) is 4. The molecular weight excluding hydrogens is 350 g/mol. The summed E-state index contributed by atoms with van der Waals surface area (Å²) in [5, 5.41) is 0. The van der Waals surface area contributed by atoms with E-state index in [0.29, 0.717) is 0 Å². The van der Waals surface area contributed by atoms with E-state index in [-0.39, 0.29) is 6.61 Å². The average molecular weight is 391 g/mol. The summed E-state index contributed by atoms with van der Waals surface area (Å²) in [6.45, 7) is 2.51. The second-order valence-corrected chi connectivity index (χ2v) is 9.94. The maximum absolute atomic E-state index is 11.0. The number of hydrogen-bond donors (Lipinski definition) is 1. The Morgan fingerprint density at radius 3 is 1.73 bits per heavy atom. The molecule has 2 saturated carbocycles. The van der Waals surface area contributed by atoms with Crippen molar-refractivity contribution in [2.45, 2.75) is 96.8 Å². The molecule has 26 heavy (non-hydrogen) atoms. The highest BCUT2D eigenvalue weighted by molar-refractivity contribution is 7.81. The zero-order valence-corrected chi connectivity index (χ0v) is 17.5. The van der Waals surface area contributed by atoms with Gasteiger partial charge in [0.05, 0.1) is 6.61 Å². The first-order chi connectivity index (χ1) is 12.5. The Kier molecular flexibility index (Phi) is 9.89. The second kappa shape index (κ2) is 11.6. The molecule has 4 unspecified atom stereocenters. The first-order valence-electron chi connectivity index (χ1n) is 10.9. The highest BCUT2D eigenvalue weighted by Gasteiger charge is 2.26. The van der Waals surface area contributed by atoms with Crippen molar-refractivity contribution in [1.29, 1.82) is 0 Å². The number of rotatable bonds is 13. The lowest BCUT2D eigenvalue weighted by Gasteiger charge is -2.14. The molecule has 2 fully saturated rings. The van der Waals surface area contributed by atoms with Crippen molar-refractivity contribution in [2.75, 3.05) is 6.61 Å². The molecule has 0 heterocycles. The monoisotopic (exact) mass is 390 g/mol. The molecule has 0 aliphatic heterocycles. The van der Waals surface area contributed by atoms with E-state index in [9.17, 15) is 8.42 Å². The van der Waals surface area contributed by atoms with E-state index >= 15 is 0 Å². The number of unbranched alkanes of at least 4 members (excludes halogenated alkanes) is 1. The van der Waals surface area contributed by atoms with E-state index in [1.807, 2.05) is 0 Å². The van der Waals surface area contributed by atoms with Gasteiger partial charge in [-0.15, -0.1) is 0 Å². The van der Waals surface area contributed by atoms with Crippen LogP contribution in [0.5, 0.6) is 0 Å². The fourth-order valence-electron chi connectivity index (χ4n) is 5.16. The lowest BCUT2D eigenvalue weighted by atomic mass is 9.92. The van der Waals surface area contributed by atoms with E-state index < -0.39 is 10.4 Å². The summed E-state index contributed by atoms with van der Waals surface area (Å²) in [6.07, 6.45) is 18.7. The van der Waals surface area contributed by atoms with Gasteiger partial charge in [0.1, 0.15) is 0 Å². The van der Waals surface area contributed by atoms with E-state index in [1.54, 1.807) is 0 Å².